The summed E-state index contributed by atoms with van der Waals surface area (Å²) in [5.41, 5.74) is 1.04. The first-order chi connectivity index (χ1) is 11.7. The van der Waals surface area contributed by atoms with E-state index in [0.717, 1.165) is 29.4 Å². The number of unbranched alkanes of at least 4 members (excludes halogenated alkanes) is 2. The molecule has 1 amide bonds. The zero-order valence-corrected chi connectivity index (χ0v) is 15.0. The van der Waals surface area contributed by atoms with Crippen molar-refractivity contribution in [2.75, 3.05) is 12.9 Å². The molecule has 0 fully saturated rings. The molecule has 0 aliphatic carbocycles. The summed E-state index contributed by atoms with van der Waals surface area (Å²) in [6.07, 6.45) is 5.20. The number of ether oxygens (including phenoxy) is 1. The molecule has 6 nitrogen and oxygen atoms in total. The Balaban J connectivity index is 1.73. The predicted molar refractivity (Wildman–Crippen MR) is 95.1 cm³/mol. The number of aromatic nitrogens is 3. The molecule has 130 valence electrons. The molecule has 0 spiro atoms. The zero-order chi connectivity index (χ0) is 17.2. The van der Waals surface area contributed by atoms with E-state index >= 15 is 0 Å². The highest BCUT2D eigenvalue weighted by molar-refractivity contribution is 7.99. The number of carbonyl (C=O) groups is 1. The van der Waals surface area contributed by atoms with Crippen molar-refractivity contribution >= 4 is 17.7 Å². The Morgan fingerprint density at radius 3 is 2.79 bits per heavy atom. The van der Waals surface area contributed by atoms with Gasteiger partial charge in [0.25, 0.3) is 0 Å². The van der Waals surface area contributed by atoms with Crippen molar-refractivity contribution in [2.45, 2.75) is 44.4 Å². The molecule has 1 N–H and O–H groups in total. The molecule has 2 aromatic rings. The van der Waals surface area contributed by atoms with Crippen molar-refractivity contribution in [1.82, 2.24) is 20.1 Å². The maximum Gasteiger partial charge on any atom is 0.230 e. The Morgan fingerprint density at radius 2 is 2.08 bits per heavy atom. The molecule has 0 radical (unpaired) electrons. The lowest BCUT2D eigenvalue weighted by Crippen LogP contribution is -2.24. The highest BCUT2D eigenvalue weighted by Gasteiger charge is 2.08. The van der Waals surface area contributed by atoms with Crippen LogP contribution in [0.15, 0.2) is 35.7 Å². The molecule has 1 aromatic carbocycles. The van der Waals surface area contributed by atoms with Crippen LogP contribution in [0.4, 0.5) is 0 Å². The van der Waals surface area contributed by atoms with Crippen molar-refractivity contribution in [2.24, 2.45) is 0 Å². The van der Waals surface area contributed by atoms with E-state index in [1.54, 1.807) is 13.4 Å². The van der Waals surface area contributed by atoms with Gasteiger partial charge in [-0.05, 0) is 24.1 Å². The summed E-state index contributed by atoms with van der Waals surface area (Å²) in [6.45, 7) is 3.58. The summed E-state index contributed by atoms with van der Waals surface area (Å²) in [7, 11) is 1.63. The molecule has 0 atom stereocenters. The van der Waals surface area contributed by atoms with Gasteiger partial charge < -0.3 is 14.6 Å². The lowest BCUT2D eigenvalue weighted by atomic mass is 10.2. The average Bonchev–Trinajstić information content (AvgIpc) is 3.06. The van der Waals surface area contributed by atoms with Gasteiger partial charge in [-0.2, -0.15) is 0 Å². The Kier molecular flexibility index (Phi) is 7.61. The molecular formula is C17H24N4O2S. The molecule has 7 heteroatoms. The Morgan fingerprint density at radius 1 is 1.29 bits per heavy atom. The number of aryl methyl sites for hydroxylation is 1. The molecule has 0 saturated heterocycles. The van der Waals surface area contributed by atoms with E-state index < -0.39 is 0 Å². The van der Waals surface area contributed by atoms with Gasteiger partial charge in [0.1, 0.15) is 12.1 Å². The number of nitrogens with one attached hydrogen (secondary N) is 1. The van der Waals surface area contributed by atoms with Crippen molar-refractivity contribution in [3.8, 4) is 5.75 Å². The molecule has 0 aliphatic rings. The second-order valence-corrected chi connectivity index (χ2v) is 6.37. The number of benzene rings is 1. The fourth-order valence-corrected chi connectivity index (χ4v) is 2.94. The first-order valence-corrected chi connectivity index (χ1v) is 9.11. The van der Waals surface area contributed by atoms with Gasteiger partial charge >= 0.3 is 0 Å². The lowest BCUT2D eigenvalue weighted by Gasteiger charge is -2.07. The third-order valence-electron chi connectivity index (χ3n) is 3.56. The number of amides is 1. The standard InChI is InChI=1S/C17H24N4O2S/c1-3-4-5-10-21-13-19-20-17(21)24-12-16(22)18-11-14-6-8-15(23-2)9-7-14/h6-9,13H,3-5,10-12H2,1-2H3,(H,18,22). The summed E-state index contributed by atoms with van der Waals surface area (Å²) >= 11 is 1.42. The van der Waals surface area contributed by atoms with E-state index in [1.807, 2.05) is 28.8 Å². The predicted octanol–water partition coefficient (Wildman–Crippen LogP) is 2.89. The van der Waals surface area contributed by atoms with Crippen LogP contribution in [0.25, 0.3) is 0 Å². The third-order valence-corrected chi connectivity index (χ3v) is 4.54. The third kappa shape index (κ3) is 5.88. The van der Waals surface area contributed by atoms with E-state index in [4.69, 9.17) is 4.74 Å². The molecular weight excluding hydrogens is 324 g/mol. The maximum absolute atomic E-state index is 12.0. The van der Waals surface area contributed by atoms with E-state index in [0.29, 0.717) is 12.3 Å². The van der Waals surface area contributed by atoms with Crippen LogP contribution in [-0.4, -0.2) is 33.5 Å². The monoisotopic (exact) mass is 348 g/mol. The molecule has 0 saturated carbocycles. The minimum Gasteiger partial charge on any atom is -0.497 e. The van der Waals surface area contributed by atoms with Gasteiger partial charge in [-0.3, -0.25) is 4.79 Å². The molecule has 1 heterocycles. The van der Waals surface area contributed by atoms with Crippen LogP contribution in [0.2, 0.25) is 0 Å². The highest BCUT2D eigenvalue weighted by Crippen LogP contribution is 2.15. The van der Waals surface area contributed by atoms with Crippen molar-refractivity contribution in [3.63, 3.8) is 0 Å². The SMILES string of the molecule is CCCCCn1cnnc1SCC(=O)NCc1ccc(OC)cc1. The number of nitrogens with zero attached hydrogens (tertiary/aromatic N) is 3. The quantitative estimate of drug-likeness (QED) is 0.528. The van der Waals surface area contributed by atoms with Gasteiger partial charge in [-0.25, -0.2) is 0 Å². The largest absolute Gasteiger partial charge is 0.497 e. The average molecular weight is 348 g/mol. The minimum absolute atomic E-state index is 0.0149. The smallest absolute Gasteiger partial charge is 0.230 e. The van der Waals surface area contributed by atoms with Crippen LogP contribution in [-0.2, 0) is 17.9 Å². The van der Waals surface area contributed by atoms with Gasteiger partial charge in [0.15, 0.2) is 5.16 Å². The highest BCUT2D eigenvalue weighted by atomic mass is 32.2. The second-order valence-electron chi connectivity index (χ2n) is 5.43. The first-order valence-electron chi connectivity index (χ1n) is 8.13. The van der Waals surface area contributed by atoms with Crippen LogP contribution >= 0.6 is 11.8 Å². The Labute approximate surface area is 147 Å². The van der Waals surface area contributed by atoms with Crippen molar-refractivity contribution in [1.29, 1.82) is 0 Å². The molecule has 0 unspecified atom stereocenters. The Hall–Kier alpha value is -2.02. The number of hydrogen-bond acceptors (Lipinski definition) is 5. The normalized spacial score (nSPS) is 10.6. The number of methoxy groups -OCH3 is 1. The minimum atomic E-state index is -0.0149. The summed E-state index contributed by atoms with van der Waals surface area (Å²) in [6, 6.07) is 7.65. The molecule has 0 aliphatic heterocycles. The van der Waals surface area contributed by atoms with E-state index in [2.05, 4.69) is 22.4 Å². The summed E-state index contributed by atoms with van der Waals surface area (Å²) < 4.78 is 7.13. The number of thioether (sulfide) groups is 1. The second kappa shape index (κ2) is 9.97. The topological polar surface area (TPSA) is 69.0 Å². The van der Waals surface area contributed by atoms with Crippen LogP contribution < -0.4 is 10.1 Å². The van der Waals surface area contributed by atoms with Gasteiger partial charge in [0.05, 0.1) is 12.9 Å². The van der Waals surface area contributed by atoms with Crippen LogP contribution in [0.1, 0.15) is 31.7 Å². The van der Waals surface area contributed by atoms with Crippen molar-refractivity contribution in [3.05, 3.63) is 36.2 Å². The lowest BCUT2D eigenvalue weighted by molar-refractivity contribution is -0.118. The maximum atomic E-state index is 12.0. The molecule has 24 heavy (non-hydrogen) atoms. The summed E-state index contributed by atoms with van der Waals surface area (Å²) in [4.78, 5) is 12.0. The molecule has 0 bridgehead atoms. The van der Waals surface area contributed by atoms with E-state index in [-0.39, 0.29) is 5.91 Å². The molecule has 2 rings (SSSR count). The van der Waals surface area contributed by atoms with Gasteiger partial charge in [0, 0.05) is 13.1 Å². The summed E-state index contributed by atoms with van der Waals surface area (Å²) in [5, 5.41) is 11.7. The van der Waals surface area contributed by atoms with Crippen LogP contribution in [0.5, 0.6) is 5.75 Å². The fraction of sp³-hybridized carbons (Fsp3) is 0.471. The number of hydrogen-bond donors (Lipinski definition) is 1. The van der Waals surface area contributed by atoms with Crippen molar-refractivity contribution < 1.29 is 9.53 Å². The van der Waals surface area contributed by atoms with E-state index in [1.165, 1.54) is 24.6 Å². The van der Waals surface area contributed by atoms with Crippen LogP contribution in [0, 0.1) is 0 Å². The van der Waals surface area contributed by atoms with Gasteiger partial charge in [-0.1, -0.05) is 43.7 Å². The van der Waals surface area contributed by atoms with Gasteiger partial charge in [0.2, 0.25) is 5.91 Å². The number of carbonyl (C=O) groups excluding carboxylic acids is 1. The first kappa shape index (κ1) is 18.3. The zero-order valence-electron chi connectivity index (χ0n) is 14.2. The summed E-state index contributed by atoms with van der Waals surface area (Å²) in [5.74, 6) is 1.13. The molecule has 1 aromatic heterocycles. The Bertz CT molecular complexity index is 628. The van der Waals surface area contributed by atoms with E-state index in [9.17, 15) is 4.79 Å². The number of rotatable bonds is 10. The van der Waals surface area contributed by atoms with Gasteiger partial charge in [-0.15, -0.1) is 10.2 Å². The van der Waals surface area contributed by atoms with Crippen LogP contribution in [0.3, 0.4) is 0 Å². The fourth-order valence-electron chi connectivity index (χ4n) is 2.17.